The first kappa shape index (κ1) is 24.2. The van der Waals surface area contributed by atoms with E-state index in [0.717, 1.165) is 31.4 Å². The Labute approximate surface area is 183 Å². The number of amides is 1. The van der Waals surface area contributed by atoms with Gasteiger partial charge in [0.15, 0.2) is 6.29 Å². The van der Waals surface area contributed by atoms with E-state index in [0.29, 0.717) is 29.8 Å². The Kier molecular flexibility index (Phi) is 9.50. The number of rotatable bonds is 8. The summed E-state index contributed by atoms with van der Waals surface area (Å²) in [6.07, 6.45) is 2.10. The monoisotopic (exact) mass is 447 g/mol. The molecule has 1 saturated heterocycles. The van der Waals surface area contributed by atoms with E-state index in [1.807, 2.05) is 26.8 Å². The third-order valence-corrected chi connectivity index (χ3v) is 5.04. The molecule has 0 radical (unpaired) electrons. The van der Waals surface area contributed by atoms with Gasteiger partial charge in [0.1, 0.15) is 11.7 Å². The predicted molar refractivity (Wildman–Crippen MR) is 114 cm³/mol. The van der Waals surface area contributed by atoms with E-state index in [1.54, 1.807) is 19.2 Å². The smallest absolute Gasteiger partial charge is 0.410 e. The van der Waals surface area contributed by atoms with Crippen LogP contribution in [0.5, 0.6) is 0 Å². The highest BCUT2D eigenvalue weighted by Gasteiger charge is 2.24. The van der Waals surface area contributed by atoms with Gasteiger partial charge in [-0.2, -0.15) is 0 Å². The summed E-state index contributed by atoms with van der Waals surface area (Å²) in [5, 5.41) is 0.900. The molecule has 8 heteroatoms. The maximum Gasteiger partial charge on any atom is 0.410 e. The molecule has 1 fully saturated rings. The zero-order valence-electron chi connectivity index (χ0n) is 17.6. The molecule has 2 rings (SSSR count). The van der Waals surface area contributed by atoms with Gasteiger partial charge in [-0.3, -0.25) is 0 Å². The molecule has 0 aromatic heterocycles. The minimum atomic E-state index is -0.570. The fraction of sp³-hybridized carbons (Fsp3) is 0.667. The maximum atomic E-state index is 12.3. The van der Waals surface area contributed by atoms with Gasteiger partial charge in [-0.15, -0.1) is 0 Å². The number of likely N-dealkylation sites (N-methyl/N-ethyl adjacent to an activating group) is 1. The first-order chi connectivity index (χ1) is 13.7. The molecule has 1 amide bonds. The van der Waals surface area contributed by atoms with Crippen molar-refractivity contribution in [2.45, 2.75) is 58.0 Å². The van der Waals surface area contributed by atoms with Crippen LogP contribution in [0.4, 0.5) is 4.79 Å². The lowest BCUT2D eigenvalue weighted by Crippen LogP contribution is -2.37. The molecule has 0 bridgehead atoms. The molecule has 1 aromatic rings. The Bertz CT molecular complexity index is 659. The minimum Gasteiger partial charge on any atom is -0.444 e. The molecule has 0 saturated carbocycles. The van der Waals surface area contributed by atoms with Crippen LogP contribution in [0.2, 0.25) is 10.0 Å². The summed E-state index contributed by atoms with van der Waals surface area (Å²) in [6.45, 7) is 7.28. The van der Waals surface area contributed by atoms with Gasteiger partial charge in [-0.05, 0) is 57.7 Å². The number of hydrogen-bond donors (Lipinski definition) is 0. The lowest BCUT2D eigenvalue weighted by atomic mass is 10.1. The van der Waals surface area contributed by atoms with Gasteiger partial charge in [0.2, 0.25) is 0 Å². The molecular weight excluding hydrogens is 417 g/mol. The Morgan fingerprint density at radius 1 is 1.24 bits per heavy atom. The number of ether oxygens (including phenoxy) is 4. The summed E-state index contributed by atoms with van der Waals surface area (Å²) in [5.74, 6) is 0. The molecule has 2 atom stereocenters. The Morgan fingerprint density at radius 3 is 2.62 bits per heavy atom. The van der Waals surface area contributed by atoms with E-state index < -0.39 is 17.8 Å². The molecule has 6 nitrogen and oxygen atoms in total. The van der Waals surface area contributed by atoms with Crippen molar-refractivity contribution >= 4 is 29.3 Å². The van der Waals surface area contributed by atoms with Crippen molar-refractivity contribution in [2.75, 3.05) is 33.4 Å². The molecule has 0 spiro atoms. The van der Waals surface area contributed by atoms with Crippen LogP contribution in [0.1, 0.15) is 51.7 Å². The predicted octanol–water partition coefficient (Wildman–Crippen LogP) is 5.46. The van der Waals surface area contributed by atoms with Crippen molar-refractivity contribution < 1.29 is 23.7 Å². The van der Waals surface area contributed by atoms with Crippen LogP contribution >= 0.6 is 23.2 Å². The van der Waals surface area contributed by atoms with Crippen LogP contribution in [0.15, 0.2) is 18.2 Å². The largest absolute Gasteiger partial charge is 0.444 e. The second kappa shape index (κ2) is 11.4. The third kappa shape index (κ3) is 8.69. The zero-order valence-corrected chi connectivity index (χ0v) is 19.1. The Hall–Kier alpha value is -1.05. The summed E-state index contributed by atoms with van der Waals surface area (Å²) in [5.41, 5.74) is 0.253. The Morgan fingerprint density at radius 2 is 2.00 bits per heavy atom. The lowest BCUT2D eigenvalue weighted by Gasteiger charge is -2.28. The van der Waals surface area contributed by atoms with E-state index in [-0.39, 0.29) is 6.29 Å². The number of hydrogen-bond acceptors (Lipinski definition) is 5. The fourth-order valence-electron chi connectivity index (χ4n) is 2.84. The van der Waals surface area contributed by atoms with Gasteiger partial charge >= 0.3 is 6.09 Å². The summed E-state index contributed by atoms with van der Waals surface area (Å²) in [4.78, 5) is 13.8. The van der Waals surface area contributed by atoms with Crippen molar-refractivity contribution in [1.29, 1.82) is 0 Å². The highest BCUT2D eigenvalue weighted by Crippen LogP contribution is 2.28. The summed E-state index contributed by atoms with van der Waals surface area (Å²) >= 11 is 12.2. The zero-order chi connectivity index (χ0) is 21.4. The maximum absolute atomic E-state index is 12.3. The standard InChI is InChI=1S/C21H31Cl2NO5/c1-21(2,3)29-20(25)24(4)14-18(15-8-9-16(22)17(23)13-15)26-11-12-28-19-7-5-6-10-27-19/h8-9,13,18-19H,5-7,10-12,14H2,1-4H3. The van der Waals surface area contributed by atoms with E-state index >= 15 is 0 Å². The number of carbonyl (C=O) groups excluding carboxylic acids is 1. The molecule has 29 heavy (non-hydrogen) atoms. The molecule has 2 unspecified atom stereocenters. The number of carbonyl (C=O) groups is 1. The molecule has 164 valence electrons. The topological polar surface area (TPSA) is 57.2 Å². The van der Waals surface area contributed by atoms with Crippen molar-refractivity contribution in [3.8, 4) is 0 Å². The quantitative estimate of drug-likeness (QED) is 0.495. The van der Waals surface area contributed by atoms with Crippen LogP contribution < -0.4 is 0 Å². The van der Waals surface area contributed by atoms with Crippen LogP contribution in [0.3, 0.4) is 0 Å². The van der Waals surface area contributed by atoms with Crippen LogP contribution in [0.25, 0.3) is 0 Å². The highest BCUT2D eigenvalue weighted by molar-refractivity contribution is 6.42. The summed E-state index contributed by atoms with van der Waals surface area (Å²) in [6, 6.07) is 5.31. The average Bonchev–Trinajstić information content (AvgIpc) is 2.65. The van der Waals surface area contributed by atoms with Crippen LogP contribution in [0, 0.1) is 0 Å². The molecule has 1 aliphatic rings. The molecule has 1 aliphatic heterocycles. The van der Waals surface area contributed by atoms with Crippen molar-refractivity contribution in [1.82, 2.24) is 4.90 Å². The Balaban J connectivity index is 1.96. The highest BCUT2D eigenvalue weighted by atomic mass is 35.5. The normalized spacial score (nSPS) is 18.3. The molecule has 1 heterocycles. The van der Waals surface area contributed by atoms with Gasteiger partial charge in [0.05, 0.1) is 29.8 Å². The third-order valence-electron chi connectivity index (χ3n) is 4.30. The average molecular weight is 448 g/mol. The van der Waals surface area contributed by atoms with Crippen LogP contribution in [-0.2, 0) is 18.9 Å². The van der Waals surface area contributed by atoms with Gasteiger partial charge in [-0.1, -0.05) is 29.3 Å². The van der Waals surface area contributed by atoms with E-state index in [9.17, 15) is 4.79 Å². The fourth-order valence-corrected chi connectivity index (χ4v) is 3.15. The second-order valence-electron chi connectivity index (χ2n) is 8.06. The molecule has 0 N–H and O–H groups in total. The molecule has 0 aliphatic carbocycles. The van der Waals surface area contributed by atoms with Crippen molar-refractivity contribution in [2.24, 2.45) is 0 Å². The molecule has 1 aromatic carbocycles. The number of nitrogens with zero attached hydrogens (tertiary/aromatic N) is 1. The van der Waals surface area contributed by atoms with Crippen molar-refractivity contribution in [3.05, 3.63) is 33.8 Å². The molecular formula is C21H31Cl2NO5. The summed E-state index contributed by atoms with van der Waals surface area (Å²) < 4.78 is 22.8. The van der Waals surface area contributed by atoms with Crippen molar-refractivity contribution in [3.63, 3.8) is 0 Å². The SMILES string of the molecule is CN(CC(OCCOC1CCCCO1)c1ccc(Cl)c(Cl)c1)C(=O)OC(C)(C)C. The first-order valence-electron chi connectivity index (χ1n) is 9.89. The lowest BCUT2D eigenvalue weighted by molar-refractivity contribution is -0.171. The van der Waals surface area contributed by atoms with Gasteiger partial charge in [-0.25, -0.2) is 4.79 Å². The van der Waals surface area contributed by atoms with Crippen LogP contribution in [-0.4, -0.2) is 56.3 Å². The van der Waals surface area contributed by atoms with Gasteiger partial charge in [0.25, 0.3) is 0 Å². The van der Waals surface area contributed by atoms with Gasteiger partial charge < -0.3 is 23.8 Å². The first-order valence-corrected chi connectivity index (χ1v) is 10.6. The second-order valence-corrected chi connectivity index (χ2v) is 8.88. The minimum absolute atomic E-state index is 0.166. The van der Waals surface area contributed by atoms with E-state index in [4.69, 9.17) is 42.1 Å². The number of benzene rings is 1. The number of halogens is 2. The van der Waals surface area contributed by atoms with Gasteiger partial charge in [0, 0.05) is 13.7 Å². The summed E-state index contributed by atoms with van der Waals surface area (Å²) in [7, 11) is 1.67. The van der Waals surface area contributed by atoms with E-state index in [2.05, 4.69) is 0 Å². The van der Waals surface area contributed by atoms with E-state index in [1.165, 1.54) is 4.90 Å².